The standard InChI is InChI=1S/C15H18N2O2.C5H12N2O.C3H4.C2H6/c1-10(8-15-11(2)18-9-19-15)7-14(17)12-3-5-13(16)6-4-12;1-3-4-7-5(8)6-2;1-3-2;1-2/h3-6,8,17H,7,9,16H2,1-2H3;3-4H2,1-2H3,(H2,6,7,8);1H,2H3;1-2H3/b10-8-,17-14?;;;. The van der Waals surface area contributed by atoms with Crippen molar-refractivity contribution in [2.75, 3.05) is 26.1 Å². The molecule has 178 valence electrons. The normalized spacial score (nSPS) is 11.5. The van der Waals surface area contributed by atoms with Crippen LogP contribution in [0.15, 0.2) is 47.4 Å². The van der Waals surface area contributed by atoms with Crippen LogP contribution < -0.4 is 16.4 Å². The number of carbonyl (C=O) groups is 1. The number of urea groups is 1. The number of benzene rings is 1. The summed E-state index contributed by atoms with van der Waals surface area (Å²) in [4.78, 5) is 10.3. The topological polar surface area (TPSA) is 109 Å². The zero-order valence-corrected chi connectivity index (χ0v) is 20.6. The molecule has 0 saturated heterocycles. The fourth-order valence-electron chi connectivity index (χ4n) is 2.16. The predicted molar refractivity (Wildman–Crippen MR) is 134 cm³/mol. The van der Waals surface area contributed by atoms with Gasteiger partial charge in [0.25, 0.3) is 0 Å². The van der Waals surface area contributed by atoms with E-state index in [0.717, 1.165) is 35.6 Å². The van der Waals surface area contributed by atoms with Crippen LogP contribution in [0.1, 0.15) is 59.9 Å². The molecule has 2 rings (SSSR count). The average Bonchev–Trinajstić information content (AvgIpc) is 3.19. The SMILES string of the molecule is C#CC.CC.CC1=C(/C=C(/C)CC(=N)c2ccc(N)cc2)OCO1.CCCNC(=O)NC. The number of hydrogen-bond acceptors (Lipinski definition) is 5. The Morgan fingerprint density at radius 2 is 1.84 bits per heavy atom. The summed E-state index contributed by atoms with van der Waals surface area (Å²) in [5, 5.41) is 13.2. The number of nitrogens with one attached hydrogen (secondary N) is 3. The molecule has 0 spiro atoms. The van der Waals surface area contributed by atoms with Gasteiger partial charge < -0.3 is 31.3 Å². The summed E-state index contributed by atoms with van der Waals surface area (Å²) in [6, 6.07) is 7.24. The van der Waals surface area contributed by atoms with E-state index in [1.807, 2.05) is 65.0 Å². The van der Waals surface area contributed by atoms with Crippen LogP contribution in [-0.2, 0) is 9.47 Å². The van der Waals surface area contributed by atoms with E-state index in [1.54, 1.807) is 14.0 Å². The van der Waals surface area contributed by atoms with Crippen molar-refractivity contribution in [2.45, 2.75) is 54.4 Å². The largest absolute Gasteiger partial charge is 0.458 e. The Balaban J connectivity index is 0. The number of nitrogens with two attached hydrogens (primary N) is 1. The first-order valence-corrected chi connectivity index (χ1v) is 10.7. The van der Waals surface area contributed by atoms with Crippen molar-refractivity contribution < 1.29 is 14.3 Å². The van der Waals surface area contributed by atoms with Crippen LogP contribution in [0.4, 0.5) is 10.5 Å². The van der Waals surface area contributed by atoms with E-state index in [4.69, 9.17) is 20.6 Å². The average molecular weight is 445 g/mol. The fourth-order valence-corrected chi connectivity index (χ4v) is 2.16. The predicted octanol–water partition coefficient (Wildman–Crippen LogP) is 5.20. The van der Waals surface area contributed by atoms with Crippen molar-refractivity contribution >= 4 is 17.4 Å². The van der Waals surface area contributed by atoms with Gasteiger partial charge in [-0.3, -0.25) is 0 Å². The maximum Gasteiger partial charge on any atom is 0.314 e. The van der Waals surface area contributed by atoms with Crippen LogP contribution in [0.5, 0.6) is 0 Å². The Kier molecular flexibility index (Phi) is 18.8. The van der Waals surface area contributed by atoms with Gasteiger partial charge in [0, 0.05) is 31.4 Å². The molecule has 0 unspecified atom stereocenters. The van der Waals surface area contributed by atoms with Gasteiger partial charge in [-0.15, -0.1) is 12.3 Å². The second-order valence-corrected chi connectivity index (χ2v) is 6.39. The van der Waals surface area contributed by atoms with E-state index in [1.165, 1.54) is 0 Å². The summed E-state index contributed by atoms with van der Waals surface area (Å²) < 4.78 is 10.5. The minimum absolute atomic E-state index is 0.105. The summed E-state index contributed by atoms with van der Waals surface area (Å²) in [6.07, 6.45) is 8.08. The molecule has 0 saturated carbocycles. The lowest BCUT2D eigenvalue weighted by molar-refractivity contribution is 0.0749. The Labute approximate surface area is 194 Å². The van der Waals surface area contributed by atoms with Crippen LogP contribution in [0, 0.1) is 17.8 Å². The Bertz CT molecular complexity index is 775. The lowest BCUT2D eigenvalue weighted by Crippen LogP contribution is -2.32. The van der Waals surface area contributed by atoms with Gasteiger partial charge in [0.1, 0.15) is 5.76 Å². The van der Waals surface area contributed by atoms with Crippen LogP contribution in [-0.4, -0.2) is 32.1 Å². The van der Waals surface area contributed by atoms with Gasteiger partial charge in [-0.25, -0.2) is 4.79 Å². The molecule has 0 fully saturated rings. The number of amides is 2. The zero-order valence-electron chi connectivity index (χ0n) is 20.6. The van der Waals surface area contributed by atoms with Gasteiger partial charge in [-0.05, 0) is 51.0 Å². The molecule has 0 aliphatic carbocycles. The van der Waals surface area contributed by atoms with Gasteiger partial charge in [0.15, 0.2) is 5.76 Å². The molecule has 1 aliphatic rings. The number of ether oxygens (including phenoxy) is 2. The molecule has 7 heteroatoms. The number of hydrogen-bond donors (Lipinski definition) is 4. The van der Waals surface area contributed by atoms with E-state index < -0.39 is 0 Å². The summed E-state index contributed by atoms with van der Waals surface area (Å²) >= 11 is 0. The molecule has 1 aromatic carbocycles. The quantitative estimate of drug-likeness (QED) is 0.275. The molecule has 32 heavy (non-hydrogen) atoms. The van der Waals surface area contributed by atoms with Crippen LogP contribution in [0.2, 0.25) is 0 Å². The van der Waals surface area contributed by atoms with E-state index in [2.05, 4.69) is 23.0 Å². The van der Waals surface area contributed by atoms with Gasteiger partial charge in [-0.2, -0.15) is 0 Å². The Hall–Kier alpha value is -3.40. The van der Waals surface area contributed by atoms with E-state index in [9.17, 15) is 4.79 Å². The van der Waals surface area contributed by atoms with Crippen LogP contribution in [0.3, 0.4) is 0 Å². The first-order chi connectivity index (χ1) is 15.3. The van der Waals surface area contributed by atoms with Gasteiger partial charge >= 0.3 is 6.03 Å². The van der Waals surface area contributed by atoms with Gasteiger partial charge in [0.05, 0.1) is 0 Å². The summed E-state index contributed by atoms with van der Waals surface area (Å²) in [5.41, 5.74) is 8.85. The van der Waals surface area contributed by atoms with Crippen molar-refractivity contribution in [3.63, 3.8) is 0 Å². The summed E-state index contributed by atoms with van der Waals surface area (Å²) in [7, 11) is 1.60. The molecule has 0 aromatic heterocycles. The minimum atomic E-state index is -0.105. The second-order valence-electron chi connectivity index (χ2n) is 6.39. The lowest BCUT2D eigenvalue weighted by atomic mass is 10.0. The highest BCUT2D eigenvalue weighted by Crippen LogP contribution is 2.20. The summed E-state index contributed by atoms with van der Waals surface area (Å²) in [6.45, 7) is 12.5. The highest BCUT2D eigenvalue weighted by Gasteiger charge is 2.11. The third-order valence-corrected chi connectivity index (χ3v) is 3.69. The van der Waals surface area contributed by atoms with E-state index >= 15 is 0 Å². The molecule has 1 heterocycles. The van der Waals surface area contributed by atoms with E-state index in [-0.39, 0.29) is 12.8 Å². The maximum atomic E-state index is 10.3. The minimum Gasteiger partial charge on any atom is -0.458 e. The fraction of sp³-hybridized carbons (Fsp3) is 0.440. The number of rotatable bonds is 6. The van der Waals surface area contributed by atoms with Crippen molar-refractivity contribution in [3.8, 4) is 12.3 Å². The Morgan fingerprint density at radius 1 is 1.28 bits per heavy atom. The number of carbonyl (C=O) groups excluding carboxylic acids is 1. The maximum absolute atomic E-state index is 10.3. The number of terminal acetylenes is 1. The smallest absolute Gasteiger partial charge is 0.314 e. The first kappa shape index (κ1) is 30.8. The molecule has 0 bridgehead atoms. The molecule has 5 N–H and O–H groups in total. The number of anilines is 1. The third-order valence-electron chi connectivity index (χ3n) is 3.69. The highest BCUT2D eigenvalue weighted by molar-refractivity contribution is 5.99. The molecule has 0 atom stereocenters. The van der Waals surface area contributed by atoms with Crippen molar-refractivity contribution in [1.29, 1.82) is 5.41 Å². The highest BCUT2D eigenvalue weighted by atomic mass is 16.7. The number of allylic oxidation sites excluding steroid dienone is 3. The van der Waals surface area contributed by atoms with Crippen LogP contribution >= 0.6 is 0 Å². The first-order valence-electron chi connectivity index (χ1n) is 10.7. The molecule has 7 nitrogen and oxygen atoms in total. The number of nitrogen functional groups attached to an aromatic ring is 1. The van der Waals surface area contributed by atoms with Crippen LogP contribution in [0.25, 0.3) is 0 Å². The molecule has 1 aromatic rings. The molecule has 0 radical (unpaired) electrons. The zero-order chi connectivity index (χ0) is 24.9. The third kappa shape index (κ3) is 14.6. The van der Waals surface area contributed by atoms with E-state index in [0.29, 0.717) is 17.8 Å². The molecular formula is C25H40N4O3. The lowest BCUT2D eigenvalue weighted by Gasteiger charge is -2.05. The van der Waals surface area contributed by atoms with Crippen molar-refractivity contribution in [1.82, 2.24) is 10.6 Å². The molecule has 2 amide bonds. The molecular weight excluding hydrogens is 404 g/mol. The van der Waals surface area contributed by atoms with Gasteiger partial charge in [0.2, 0.25) is 6.79 Å². The second kappa shape index (κ2) is 19.6. The monoisotopic (exact) mass is 444 g/mol. The van der Waals surface area contributed by atoms with Gasteiger partial charge in [-0.1, -0.05) is 38.5 Å². The van der Waals surface area contributed by atoms with Crippen molar-refractivity contribution in [3.05, 3.63) is 53.0 Å². The van der Waals surface area contributed by atoms with Crippen molar-refractivity contribution in [2.24, 2.45) is 0 Å². The molecule has 1 aliphatic heterocycles. The summed E-state index contributed by atoms with van der Waals surface area (Å²) in [5.74, 6) is 3.79. The Morgan fingerprint density at radius 3 is 2.28 bits per heavy atom.